The molecule has 1 N–H and O–H groups in total. The van der Waals surface area contributed by atoms with Crippen molar-refractivity contribution in [1.82, 2.24) is 10.2 Å². The van der Waals surface area contributed by atoms with Crippen molar-refractivity contribution in [1.29, 1.82) is 0 Å². The van der Waals surface area contributed by atoms with E-state index in [-0.39, 0.29) is 17.8 Å². The first-order chi connectivity index (χ1) is 11.6. The standard InChI is InChI=1S/C18H22FN3O2/c1-22-14-6-7-15(22)9-13(8-14)20-18(23)17-10-16(21-24-17)11-2-4-12(19)5-3-11/h2-5,13-15,17H,6-10H2,1H3,(H,20,23). The Bertz CT molecular complexity index is 647. The number of rotatable bonds is 3. The Kier molecular flexibility index (Phi) is 4.00. The zero-order valence-electron chi connectivity index (χ0n) is 13.7. The van der Waals surface area contributed by atoms with Crippen LogP contribution in [0.5, 0.6) is 0 Å². The van der Waals surface area contributed by atoms with Crippen LogP contribution < -0.4 is 5.32 Å². The van der Waals surface area contributed by atoms with Gasteiger partial charge in [-0.3, -0.25) is 4.79 Å². The molecule has 3 unspecified atom stereocenters. The lowest BCUT2D eigenvalue weighted by atomic mass is 9.97. The summed E-state index contributed by atoms with van der Waals surface area (Å²) in [6, 6.07) is 7.50. The highest BCUT2D eigenvalue weighted by molar-refractivity contribution is 6.04. The molecule has 2 fully saturated rings. The van der Waals surface area contributed by atoms with Crippen LogP contribution in [0.2, 0.25) is 0 Å². The molecule has 3 atom stereocenters. The number of piperidine rings is 1. The molecule has 1 aromatic rings. The van der Waals surface area contributed by atoms with E-state index in [1.807, 2.05) is 0 Å². The minimum absolute atomic E-state index is 0.0928. The number of oxime groups is 1. The molecular weight excluding hydrogens is 309 g/mol. The predicted octanol–water partition coefficient (Wildman–Crippen LogP) is 2.06. The summed E-state index contributed by atoms with van der Waals surface area (Å²) in [6.07, 6.45) is 4.32. The largest absolute Gasteiger partial charge is 0.382 e. The van der Waals surface area contributed by atoms with Gasteiger partial charge in [0.1, 0.15) is 5.82 Å². The summed E-state index contributed by atoms with van der Waals surface area (Å²) in [5.74, 6) is -0.380. The lowest BCUT2D eigenvalue weighted by Gasteiger charge is -2.36. The third kappa shape index (κ3) is 2.90. The zero-order chi connectivity index (χ0) is 16.7. The van der Waals surface area contributed by atoms with Gasteiger partial charge in [0.05, 0.1) is 5.71 Å². The second-order valence-electron chi connectivity index (χ2n) is 7.07. The first kappa shape index (κ1) is 15.6. The number of nitrogens with one attached hydrogen (secondary N) is 1. The monoisotopic (exact) mass is 331 g/mol. The summed E-state index contributed by atoms with van der Waals surface area (Å²) >= 11 is 0. The van der Waals surface area contributed by atoms with Gasteiger partial charge in [0.25, 0.3) is 5.91 Å². The van der Waals surface area contributed by atoms with E-state index in [0.29, 0.717) is 24.2 Å². The van der Waals surface area contributed by atoms with Crippen molar-refractivity contribution in [3.63, 3.8) is 0 Å². The molecule has 0 aliphatic carbocycles. The number of amides is 1. The maximum atomic E-state index is 13.0. The second-order valence-corrected chi connectivity index (χ2v) is 7.07. The van der Waals surface area contributed by atoms with E-state index in [4.69, 9.17) is 4.84 Å². The summed E-state index contributed by atoms with van der Waals surface area (Å²) in [4.78, 5) is 20.2. The quantitative estimate of drug-likeness (QED) is 0.922. The summed E-state index contributed by atoms with van der Waals surface area (Å²) in [5.41, 5.74) is 1.49. The molecule has 2 saturated heterocycles. The summed E-state index contributed by atoms with van der Waals surface area (Å²) < 4.78 is 13.0. The first-order valence-electron chi connectivity index (χ1n) is 8.61. The van der Waals surface area contributed by atoms with E-state index in [0.717, 1.165) is 18.4 Å². The second kappa shape index (κ2) is 6.16. The molecule has 1 amide bonds. The molecule has 2 bridgehead atoms. The molecular formula is C18H22FN3O2. The molecule has 5 nitrogen and oxygen atoms in total. The average molecular weight is 331 g/mol. The number of carbonyl (C=O) groups excluding carboxylic acids is 1. The van der Waals surface area contributed by atoms with Gasteiger partial charge in [-0.25, -0.2) is 4.39 Å². The fraction of sp³-hybridized carbons (Fsp3) is 0.556. The topological polar surface area (TPSA) is 53.9 Å². The molecule has 0 aromatic heterocycles. The molecule has 3 aliphatic rings. The van der Waals surface area contributed by atoms with E-state index >= 15 is 0 Å². The van der Waals surface area contributed by atoms with Crippen LogP contribution in [0.3, 0.4) is 0 Å². The highest BCUT2D eigenvalue weighted by Crippen LogP contribution is 2.34. The third-order valence-corrected chi connectivity index (χ3v) is 5.58. The van der Waals surface area contributed by atoms with Gasteiger partial charge < -0.3 is 15.1 Å². The van der Waals surface area contributed by atoms with Crippen LogP contribution in [-0.2, 0) is 9.63 Å². The summed E-state index contributed by atoms with van der Waals surface area (Å²) in [6.45, 7) is 0. The number of hydrogen-bond donors (Lipinski definition) is 1. The van der Waals surface area contributed by atoms with Crippen molar-refractivity contribution >= 4 is 11.6 Å². The van der Waals surface area contributed by atoms with Crippen LogP contribution >= 0.6 is 0 Å². The van der Waals surface area contributed by atoms with E-state index in [1.165, 1.54) is 25.0 Å². The van der Waals surface area contributed by atoms with Crippen molar-refractivity contribution in [2.24, 2.45) is 5.16 Å². The average Bonchev–Trinajstić information content (AvgIpc) is 3.12. The summed E-state index contributed by atoms with van der Waals surface area (Å²) in [5, 5.41) is 7.15. The molecule has 4 rings (SSSR count). The van der Waals surface area contributed by atoms with E-state index < -0.39 is 6.10 Å². The Morgan fingerprint density at radius 2 is 1.92 bits per heavy atom. The van der Waals surface area contributed by atoms with Crippen molar-refractivity contribution in [2.75, 3.05) is 7.05 Å². The number of fused-ring (bicyclic) bond motifs is 2. The number of hydrogen-bond acceptors (Lipinski definition) is 4. The molecule has 6 heteroatoms. The van der Waals surface area contributed by atoms with E-state index in [1.54, 1.807) is 12.1 Å². The predicted molar refractivity (Wildman–Crippen MR) is 88.2 cm³/mol. The lowest BCUT2D eigenvalue weighted by Crippen LogP contribution is -2.50. The Hall–Kier alpha value is -1.95. The summed E-state index contributed by atoms with van der Waals surface area (Å²) in [7, 11) is 2.18. The highest BCUT2D eigenvalue weighted by Gasteiger charge is 2.40. The normalized spacial score (nSPS) is 32.3. The number of nitrogens with zero attached hydrogens (tertiary/aromatic N) is 2. The molecule has 24 heavy (non-hydrogen) atoms. The molecule has 3 aliphatic heterocycles. The Morgan fingerprint density at radius 1 is 1.25 bits per heavy atom. The van der Waals surface area contributed by atoms with Gasteiger partial charge in [0.2, 0.25) is 6.10 Å². The Morgan fingerprint density at radius 3 is 2.58 bits per heavy atom. The van der Waals surface area contributed by atoms with Crippen LogP contribution in [0.4, 0.5) is 4.39 Å². The van der Waals surface area contributed by atoms with Gasteiger partial charge >= 0.3 is 0 Å². The maximum absolute atomic E-state index is 13.0. The fourth-order valence-corrected chi connectivity index (χ4v) is 4.15. The Labute approximate surface area is 140 Å². The molecule has 128 valence electrons. The molecule has 0 saturated carbocycles. The molecule has 0 radical (unpaired) electrons. The smallest absolute Gasteiger partial charge is 0.264 e. The number of halogens is 1. The van der Waals surface area contributed by atoms with Gasteiger partial charge in [-0.1, -0.05) is 17.3 Å². The SMILES string of the molecule is CN1C2CCC1CC(NC(=O)C1CC(c3ccc(F)cc3)=NO1)C2. The number of carbonyl (C=O) groups is 1. The fourth-order valence-electron chi connectivity index (χ4n) is 4.15. The zero-order valence-corrected chi connectivity index (χ0v) is 13.7. The Balaban J connectivity index is 1.33. The molecule has 1 aromatic carbocycles. The van der Waals surface area contributed by atoms with Crippen LogP contribution in [0.1, 0.15) is 37.7 Å². The minimum Gasteiger partial charge on any atom is -0.382 e. The molecule has 3 heterocycles. The van der Waals surface area contributed by atoms with Gasteiger partial charge in [-0.15, -0.1) is 0 Å². The number of benzene rings is 1. The van der Waals surface area contributed by atoms with Crippen molar-refractivity contribution in [3.05, 3.63) is 35.6 Å². The third-order valence-electron chi connectivity index (χ3n) is 5.58. The van der Waals surface area contributed by atoms with Gasteiger partial charge in [-0.2, -0.15) is 0 Å². The van der Waals surface area contributed by atoms with Crippen molar-refractivity contribution in [2.45, 2.75) is 56.3 Å². The van der Waals surface area contributed by atoms with Gasteiger partial charge in [0.15, 0.2) is 0 Å². The van der Waals surface area contributed by atoms with Crippen molar-refractivity contribution in [3.8, 4) is 0 Å². The van der Waals surface area contributed by atoms with Crippen LogP contribution in [0, 0.1) is 5.82 Å². The van der Waals surface area contributed by atoms with E-state index in [2.05, 4.69) is 22.4 Å². The highest BCUT2D eigenvalue weighted by atomic mass is 19.1. The van der Waals surface area contributed by atoms with Crippen molar-refractivity contribution < 1.29 is 14.0 Å². The maximum Gasteiger partial charge on any atom is 0.264 e. The molecule has 0 spiro atoms. The van der Waals surface area contributed by atoms with Crippen LogP contribution in [-0.4, -0.2) is 47.8 Å². The van der Waals surface area contributed by atoms with Gasteiger partial charge in [0, 0.05) is 24.5 Å². The first-order valence-corrected chi connectivity index (χ1v) is 8.61. The van der Waals surface area contributed by atoms with Crippen LogP contribution in [0.25, 0.3) is 0 Å². The minimum atomic E-state index is -0.581. The van der Waals surface area contributed by atoms with E-state index in [9.17, 15) is 9.18 Å². The van der Waals surface area contributed by atoms with Crippen LogP contribution in [0.15, 0.2) is 29.4 Å². The lowest BCUT2D eigenvalue weighted by molar-refractivity contribution is -0.132. The van der Waals surface area contributed by atoms with Gasteiger partial charge in [-0.05, 0) is 50.4 Å².